The monoisotopic (exact) mass is 248 g/mol. The summed E-state index contributed by atoms with van der Waals surface area (Å²) in [6.45, 7) is 6.11. The largest absolute Gasteiger partial charge is 0.384 e. The third kappa shape index (κ3) is 4.31. The quantitative estimate of drug-likeness (QED) is 0.765. The first-order valence-corrected chi connectivity index (χ1v) is 6.83. The van der Waals surface area contributed by atoms with Gasteiger partial charge in [0.25, 0.3) is 0 Å². The maximum Gasteiger partial charge on any atom is 0.0589 e. The Kier molecular flexibility index (Phi) is 5.02. The topological polar surface area (TPSA) is 24.5 Å². The van der Waals surface area contributed by atoms with Gasteiger partial charge in [-0.1, -0.05) is 12.1 Å². The minimum atomic E-state index is 0.805. The number of benzene rings is 1. The molecule has 18 heavy (non-hydrogen) atoms. The number of aryl methyl sites for hydroxylation is 1. The fourth-order valence-electron chi connectivity index (χ4n) is 2.22. The maximum atomic E-state index is 5.17. The summed E-state index contributed by atoms with van der Waals surface area (Å²) in [5.41, 5.74) is 2.52. The lowest BCUT2D eigenvalue weighted by Crippen LogP contribution is -2.33. The lowest BCUT2D eigenvalue weighted by atomic mass is 10.2. The van der Waals surface area contributed by atoms with Crippen molar-refractivity contribution < 1.29 is 4.74 Å². The lowest BCUT2D eigenvalue weighted by molar-refractivity contribution is 0.146. The zero-order valence-corrected chi connectivity index (χ0v) is 11.5. The van der Waals surface area contributed by atoms with Crippen LogP contribution in [0.1, 0.15) is 18.4 Å². The summed E-state index contributed by atoms with van der Waals surface area (Å²) in [6, 6.07) is 9.35. The van der Waals surface area contributed by atoms with Crippen molar-refractivity contribution in [2.24, 2.45) is 0 Å². The van der Waals surface area contributed by atoms with E-state index in [4.69, 9.17) is 4.74 Å². The molecule has 0 saturated heterocycles. The Morgan fingerprint density at radius 2 is 2.17 bits per heavy atom. The van der Waals surface area contributed by atoms with E-state index in [1.807, 2.05) is 0 Å². The smallest absolute Gasteiger partial charge is 0.0589 e. The molecule has 1 N–H and O–H groups in total. The summed E-state index contributed by atoms with van der Waals surface area (Å²) in [6.07, 6.45) is 2.71. The third-order valence-corrected chi connectivity index (χ3v) is 3.39. The predicted molar refractivity (Wildman–Crippen MR) is 76.1 cm³/mol. The number of methoxy groups -OCH3 is 1. The van der Waals surface area contributed by atoms with Crippen molar-refractivity contribution in [2.45, 2.75) is 25.8 Å². The first-order valence-electron chi connectivity index (χ1n) is 6.83. The van der Waals surface area contributed by atoms with Crippen LogP contribution in [-0.4, -0.2) is 44.3 Å². The average Bonchev–Trinajstić information content (AvgIpc) is 3.18. The van der Waals surface area contributed by atoms with E-state index >= 15 is 0 Å². The molecule has 0 aromatic heterocycles. The molecule has 0 atom stereocenters. The molecule has 0 bridgehead atoms. The Hall–Kier alpha value is -1.06. The van der Waals surface area contributed by atoms with Gasteiger partial charge >= 0.3 is 0 Å². The van der Waals surface area contributed by atoms with E-state index in [-0.39, 0.29) is 0 Å². The molecule has 1 aliphatic rings. The normalized spacial score (nSPS) is 15.1. The molecule has 0 heterocycles. The maximum absolute atomic E-state index is 5.17. The number of ether oxygens (including phenoxy) is 1. The highest BCUT2D eigenvalue weighted by atomic mass is 16.5. The van der Waals surface area contributed by atoms with Crippen LogP contribution < -0.4 is 5.32 Å². The number of hydrogen-bond donors (Lipinski definition) is 1. The molecule has 1 aliphatic carbocycles. The second-order valence-corrected chi connectivity index (χ2v) is 5.06. The Morgan fingerprint density at radius 1 is 1.33 bits per heavy atom. The highest BCUT2D eigenvalue weighted by Crippen LogP contribution is 2.26. The number of nitrogens with one attached hydrogen (secondary N) is 1. The van der Waals surface area contributed by atoms with E-state index in [1.165, 1.54) is 24.1 Å². The van der Waals surface area contributed by atoms with E-state index < -0.39 is 0 Å². The van der Waals surface area contributed by atoms with Crippen LogP contribution >= 0.6 is 0 Å². The number of hydrogen-bond acceptors (Lipinski definition) is 3. The summed E-state index contributed by atoms with van der Waals surface area (Å²) in [4.78, 5) is 2.53. The van der Waals surface area contributed by atoms with E-state index in [1.54, 1.807) is 7.11 Å². The van der Waals surface area contributed by atoms with Crippen molar-refractivity contribution in [1.82, 2.24) is 4.90 Å². The highest BCUT2D eigenvalue weighted by molar-refractivity contribution is 5.45. The Labute approximate surface area is 110 Å². The van der Waals surface area contributed by atoms with Gasteiger partial charge in [-0.15, -0.1) is 0 Å². The zero-order chi connectivity index (χ0) is 12.8. The summed E-state index contributed by atoms with van der Waals surface area (Å²) >= 11 is 0. The van der Waals surface area contributed by atoms with Crippen molar-refractivity contribution in [3.05, 3.63) is 29.8 Å². The second-order valence-electron chi connectivity index (χ2n) is 5.06. The van der Waals surface area contributed by atoms with Crippen LogP contribution in [0.4, 0.5) is 5.69 Å². The minimum Gasteiger partial charge on any atom is -0.384 e. The summed E-state index contributed by atoms with van der Waals surface area (Å²) in [5, 5.41) is 3.49. The van der Waals surface area contributed by atoms with Crippen LogP contribution in [-0.2, 0) is 4.74 Å². The van der Waals surface area contributed by atoms with Gasteiger partial charge in [0.15, 0.2) is 0 Å². The van der Waals surface area contributed by atoms with Crippen molar-refractivity contribution in [2.75, 3.05) is 38.7 Å². The van der Waals surface area contributed by atoms with Gasteiger partial charge in [0.2, 0.25) is 0 Å². The molecule has 1 aromatic carbocycles. The van der Waals surface area contributed by atoms with Gasteiger partial charge in [-0.2, -0.15) is 0 Å². The molecular weight excluding hydrogens is 224 g/mol. The molecule has 1 aromatic rings. The first kappa shape index (κ1) is 13.4. The van der Waals surface area contributed by atoms with Crippen LogP contribution in [0.2, 0.25) is 0 Å². The predicted octanol–water partition coefficient (Wildman–Crippen LogP) is 2.52. The molecule has 100 valence electrons. The molecule has 0 aliphatic heterocycles. The first-order chi connectivity index (χ1) is 8.79. The van der Waals surface area contributed by atoms with Gasteiger partial charge in [-0.25, -0.2) is 0 Å². The molecular formula is C15H24N2O. The van der Waals surface area contributed by atoms with E-state index in [9.17, 15) is 0 Å². The van der Waals surface area contributed by atoms with Crippen LogP contribution in [0.3, 0.4) is 0 Å². The fraction of sp³-hybridized carbons (Fsp3) is 0.600. The SMILES string of the molecule is COCCN(CCNc1cccc(C)c1)C1CC1. The molecule has 0 amide bonds. The fourth-order valence-corrected chi connectivity index (χ4v) is 2.22. The molecule has 2 rings (SSSR count). The minimum absolute atomic E-state index is 0.805. The van der Waals surface area contributed by atoms with Crippen molar-refractivity contribution >= 4 is 5.69 Å². The van der Waals surface area contributed by atoms with Crippen molar-refractivity contribution in [1.29, 1.82) is 0 Å². The molecule has 3 heteroatoms. The van der Waals surface area contributed by atoms with Crippen LogP contribution in [0.15, 0.2) is 24.3 Å². The summed E-state index contributed by atoms with van der Waals surface area (Å²) in [7, 11) is 1.77. The van der Waals surface area contributed by atoms with Gasteiger partial charge in [-0.05, 0) is 37.5 Å². The number of anilines is 1. The molecule has 1 fully saturated rings. The summed E-state index contributed by atoms with van der Waals surface area (Å²) < 4.78 is 5.17. The van der Waals surface area contributed by atoms with Gasteiger partial charge in [0.1, 0.15) is 0 Å². The highest BCUT2D eigenvalue weighted by Gasteiger charge is 2.27. The molecule has 0 radical (unpaired) electrons. The summed E-state index contributed by atoms with van der Waals surface area (Å²) in [5.74, 6) is 0. The van der Waals surface area contributed by atoms with Crippen molar-refractivity contribution in [3.63, 3.8) is 0 Å². The average molecular weight is 248 g/mol. The molecule has 0 spiro atoms. The van der Waals surface area contributed by atoms with Gasteiger partial charge in [-0.3, -0.25) is 4.90 Å². The van der Waals surface area contributed by atoms with Crippen LogP contribution in [0, 0.1) is 6.92 Å². The molecule has 1 saturated carbocycles. The molecule has 3 nitrogen and oxygen atoms in total. The molecule has 0 unspecified atom stereocenters. The van der Waals surface area contributed by atoms with E-state index in [2.05, 4.69) is 41.4 Å². The van der Waals surface area contributed by atoms with Gasteiger partial charge in [0, 0.05) is 38.5 Å². The standard InChI is InChI=1S/C15H24N2O/c1-13-4-3-5-14(12-13)16-8-9-17(10-11-18-2)15-6-7-15/h3-5,12,15-16H,6-11H2,1-2H3. The number of nitrogens with zero attached hydrogens (tertiary/aromatic N) is 1. The van der Waals surface area contributed by atoms with Gasteiger partial charge < -0.3 is 10.1 Å². The van der Waals surface area contributed by atoms with E-state index in [0.717, 1.165) is 32.3 Å². The Morgan fingerprint density at radius 3 is 2.83 bits per heavy atom. The van der Waals surface area contributed by atoms with Gasteiger partial charge in [0.05, 0.1) is 6.61 Å². The van der Waals surface area contributed by atoms with Crippen LogP contribution in [0.25, 0.3) is 0 Å². The third-order valence-electron chi connectivity index (χ3n) is 3.39. The Balaban J connectivity index is 1.72. The second kappa shape index (κ2) is 6.76. The van der Waals surface area contributed by atoms with Crippen LogP contribution in [0.5, 0.6) is 0 Å². The van der Waals surface area contributed by atoms with Crippen molar-refractivity contribution in [3.8, 4) is 0 Å². The lowest BCUT2D eigenvalue weighted by Gasteiger charge is -2.21. The number of rotatable bonds is 8. The van der Waals surface area contributed by atoms with E-state index in [0.29, 0.717) is 0 Å². The Bertz CT molecular complexity index is 363. The zero-order valence-electron chi connectivity index (χ0n) is 11.5.